The zero-order valence-electron chi connectivity index (χ0n) is 17.8. The molecule has 4 saturated carbocycles. The fraction of sp³-hybridized carbons (Fsp3) is 0.840. The van der Waals surface area contributed by atoms with Crippen LogP contribution in [0.1, 0.15) is 85.0 Å². The number of ketones is 2. The number of Topliss-reactive ketones (excluding diaryl/α,β-unsaturated/α-hetero) is 1. The standard InChI is InChI=1S/C25H36O3/c1-15(26)5-4-9-25(28)12-8-20-22-18-14-17(18)21-13-16(27)6-10-23(21,2)19(22)7-11-24(20,25)3/h13,17-20,22,28H,4-12,14H2,1-3H3/t17-,18+,19+,20+,22-,23-,24+,25+/m1/s1. The van der Waals surface area contributed by atoms with Crippen LogP contribution >= 0.6 is 0 Å². The molecule has 0 aromatic rings. The van der Waals surface area contributed by atoms with Gasteiger partial charge in [-0.15, -0.1) is 0 Å². The highest BCUT2D eigenvalue weighted by atomic mass is 16.3. The quantitative estimate of drug-likeness (QED) is 0.753. The average Bonchev–Trinajstić information content (AvgIpc) is 3.37. The van der Waals surface area contributed by atoms with Crippen molar-refractivity contribution in [3.05, 3.63) is 11.6 Å². The molecule has 0 aromatic heterocycles. The molecule has 0 spiro atoms. The van der Waals surface area contributed by atoms with E-state index in [1.54, 1.807) is 6.92 Å². The molecule has 8 atom stereocenters. The molecule has 0 radical (unpaired) electrons. The Bertz CT molecular complexity index is 753. The maximum Gasteiger partial charge on any atom is 0.155 e. The summed E-state index contributed by atoms with van der Waals surface area (Å²) in [6.07, 6.45) is 11.6. The number of fused-ring (bicyclic) bond motifs is 8. The minimum atomic E-state index is -0.595. The first kappa shape index (κ1) is 19.0. The highest BCUT2D eigenvalue weighted by molar-refractivity contribution is 5.92. The average molecular weight is 385 g/mol. The lowest BCUT2D eigenvalue weighted by Gasteiger charge is -2.59. The Morgan fingerprint density at radius 3 is 2.68 bits per heavy atom. The minimum absolute atomic E-state index is 0.000158. The lowest BCUT2D eigenvalue weighted by atomic mass is 9.46. The van der Waals surface area contributed by atoms with Crippen molar-refractivity contribution in [2.45, 2.75) is 90.6 Å². The number of allylic oxidation sites excluding steroid dienone is 1. The van der Waals surface area contributed by atoms with E-state index >= 15 is 0 Å². The van der Waals surface area contributed by atoms with Gasteiger partial charge in [-0.25, -0.2) is 0 Å². The normalized spacial score (nSPS) is 51.5. The van der Waals surface area contributed by atoms with Gasteiger partial charge in [-0.3, -0.25) is 4.79 Å². The molecular formula is C25H36O3. The van der Waals surface area contributed by atoms with E-state index in [4.69, 9.17) is 0 Å². The lowest BCUT2D eigenvalue weighted by molar-refractivity contribution is -0.136. The van der Waals surface area contributed by atoms with Crippen molar-refractivity contribution in [2.75, 3.05) is 0 Å². The van der Waals surface area contributed by atoms with Crippen LogP contribution < -0.4 is 0 Å². The predicted octanol–water partition coefficient (Wildman–Crippen LogP) is 4.86. The van der Waals surface area contributed by atoms with Crippen LogP contribution in [0.15, 0.2) is 11.6 Å². The molecule has 3 heteroatoms. The molecule has 0 aliphatic heterocycles. The van der Waals surface area contributed by atoms with Crippen LogP contribution in [0.25, 0.3) is 0 Å². The van der Waals surface area contributed by atoms with E-state index in [0.717, 1.165) is 56.8 Å². The van der Waals surface area contributed by atoms with E-state index < -0.39 is 5.60 Å². The number of hydrogen-bond donors (Lipinski definition) is 1. The highest BCUT2D eigenvalue weighted by Gasteiger charge is 2.69. The van der Waals surface area contributed by atoms with Gasteiger partial charge in [0.1, 0.15) is 5.78 Å². The molecule has 0 unspecified atom stereocenters. The molecule has 5 aliphatic carbocycles. The Labute approximate surface area is 169 Å². The van der Waals surface area contributed by atoms with Crippen molar-refractivity contribution in [3.63, 3.8) is 0 Å². The molecule has 0 heterocycles. The first-order valence-electron chi connectivity index (χ1n) is 11.7. The van der Waals surface area contributed by atoms with Gasteiger partial charge in [0.25, 0.3) is 0 Å². The van der Waals surface area contributed by atoms with Gasteiger partial charge >= 0.3 is 0 Å². The highest BCUT2D eigenvalue weighted by Crippen LogP contribution is 2.75. The SMILES string of the molecule is CC(=O)CCC[C@]1(O)CC[C@H]2[C@@H]3[C@H]4C[C@H]4C4=CC(=O)CC[C@]4(C)[C@H]3CC[C@@]21C. The summed E-state index contributed by atoms with van der Waals surface area (Å²) in [5, 5.41) is 11.7. The third-order valence-corrected chi connectivity index (χ3v) is 10.2. The number of rotatable bonds is 4. The van der Waals surface area contributed by atoms with Gasteiger partial charge < -0.3 is 9.90 Å². The molecule has 0 saturated heterocycles. The first-order chi connectivity index (χ1) is 13.2. The van der Waals surface area contributed by atoms with Gasteiger partial charge in [0.2, 0.25) is 0 Å². The number of hydrogen-bond acceptors (Lipinski definition) is 3. The Balaban J connectivity index is 1.43. The van der Waals surface area contributed by atoms with Gasteiger partial charge in [-0.2, -0.15) is 0 Å². The van der Waals surface area contributed by atoms with Crippen molar-refractivity contribution in [3.8, 4) is 0 Å². The Morgan fingerprint density at radius 2 is 1.93 bits per heavy atom. The predicted molar refractivity (Wildman–Crippen MR) is 109 cm³/mol. The van der Waals surface area contributed by atoms with Crippen LogP contribution in [0.5, 0.6) is 0 Å². The fourth-order valence-electron chi connectivity index (χ4n) is 8.55. The number of carbonyl (C=O) groups is 2. The van der Waals surface area contributed by atoms with E-state index in [2.05, 4.69) is 13.8 Å². The van der Waals surface area contributed by atoms with Crippen molar-refractivity contribution in [1.82, 2.24) is 0 Å². The van der Waals surface area contributed by atoms with Crippen molar-refractivity contribution >= 4 is 11.6 Å². The molecule has 5 aliphatic rings. The number of carbonyl (C=O) groups excluding carboxylic acids is 2. The lowest BCUT2D eigenvalue weighted by Crippen LogP contribution is -2.55. The van der Waals surface area contributed by atoms with Crippen LogP contribution in [-0.4, -0.2) is 22.3 Å². The van der Waals surface area contributed by atoms with E-state index in [1.807, 2.05) is 6.08 Å². The summed E-state index contributed by atoms with van der Waals surface area (Å²) in [6, 6.07) is 0. The third-order valence-electron chi connectivity index (χ3n) is 10.2. The molecule has 154 valence electrons. The molecule has 5 rings (SSSR count). The largest absolute Gasteiger partial charge is 0.389 e. The summed E-state index contributed by atoms with van der Waals surface area (Å²) in [5.41, 5.74) is 1.11. The summed E-state index contributed by atoms with van der Waals surface area (Å²) in [5.74, 6) is 3.99. The topological polar surface area (TPSA) is 54.4 Å². The first-order valence-corrected chi connectivity index (χ1v) is 11.7. The maximum atomic E-state index is 12.1. The van der Waals surface area contributed by atoms with Gasteiger partial charge in [-0.05, 0) is 105 Å². The van der Waals surface area contributed by atoms with E-state index in [1.165, 1.54) is 18.4 Å². The van der Waals surface area contributed by atoms with Crippen LogP contribution in [0.3, 0.4) is 0 Å². The fourth-order valence-corrected chi connectivity index (χ4v) is 8.55. The van der Waals surface area contributed by atoms with Crippen molar-refractivity contribution in [1.29, 1.82) is 0 Å². The minimum Gasteiger partial charge on any atom is -0.389 e. The molecular weight excluding hydrogens is 348 g/mol. The van der Waals surface area contributed by atoms with Gasteiger partial charge in [0.15, 0.2) is 5.78 Å². The summed E-state index contributed by atoms with van der Waals surface area (Å²) >= 11 is 0. The van der Waals surface area contributed by atoms with Crippen LogP contribution in [0.2, 0.25) is 0 Å². The second-order valence-corrected chi connectivity index (χ2v) is 11.4. The number of aliphatic hydroxyl groups is 1. The molecule has 0 amide bonds. The Hall–Kier alpha value is -0.960. The van der Waals surface area contributed by atoms with Crippen LogP contribution in [0.4, 0.5) is 0 Å². The Kier molecular flexibility index (Phi) is 4.10. The van der Waals surface area contributed by atoms with E-state index in [0.29, 0.717) is 30.0 Å². The van der Waals surface area contributed by atoms with E-state index in [9.17, 15) is 14.7 Å². The molecule has 3 nitrogen and oxygen atoms in total. The summed E-state index contributed by atoms with van der Waals surface area (Å²) in [6.45, 7) is 6.47. The van der Waals surface area contributed by atoms with Gasteiger partial charge in [-0.1, -0.05) is 19.4 Å². The molecule has 1 N–H and O–H groups in total. The van der Waals surface area contributed by atoms with Crippen molar-refractivity contribution < 1.29 is 14.7 Å². The molecule has 28 heavy (non-hydrogen) atoms. The van der Waals surface area contributed by atoms with Crippen LogP contribution in [-0.2, 0) is 9.59 Å². The van der Waals surface area contributed by atoms with Gasteiger partial charge in [0, 0.05) is 12.8 Å². The van der Waals surface area contributed by atoms with Crippen LogP contribution in [0, 0.1) is 40.4 Å². The third kappa shape index (κ3) is 2.44. The summed E-state index contributed by atoms with van der Waals surface area (Å²) in [7, 11) is 0. The molecule has 0 bridgehead atoms. The zero-order chi connectivity index (χ0) is 19.9. The second kappa shape index (κ2) is 6.03. The molecule has 0 aromatic carbocycles. The monoisotopic (exact) mass is 384 g/mol. The second-order valence-electron chi connectivity index (χ2n) is 11.4. The Morgan fingerprint density at radius 1 is 1.18 bits per heavy atom. The summed E-state index contributed by atoms with van der Waals surface area (Å²) in [4.78, 5) is 23.5. The maximum absolute atomic E-state index is 12.1. The zero-order valence-corrected chi connectivity index (χ0v) is 17.8. The summed E-state index contributed by atoms with van der Waals surface area (Å²) < 4.78 is 0. The van der Waals surface area contributed by atoms with E-state index in [-0.39, 0.29) is 16.6 Å². The molecule has 4 fully saturated rings. The van der Waals surface area contributed by atoms with Crippen molar-refractivity contribution in [2.24, 2.45) is 40.4 Å². The smallest absolute Gasteiger partial charge is 0.155 e. The van der Waals surface area contributed by atoms with Gasteiger partial charge in [0.05, 0.1) is 5.60 Å².